The number of aliphatic hydroxyl groups excluding tert-OH is 1. The van der Waals surface area contributed by atoms with Crippen LogP contribution in [0.15, 0.2) is 18.2 Å². The second-order valence-electron chi connectivity index (χ2n) is 5.40. The van der Waals surface area contributed by atoms with Gasteiger partial charge in [-0.15, -0.1) is 0 Å². The lowest BCUT2D eigenvalue weighted by Gasteiger charge is -2.40. The minimum Gasteiger partial charge on any atom is -0.396 e. The smallest absolute Gasteiger partial charge is 0.396 e. The molecule has 0 spiro atoms. The van der Waals surface area contributed by atoms with Gasteiger partial charge in [-0.25, -0.2) is 0 Å². The Kier molecular flexibility index (Phi) is 5.11. The standard InChI is InChI=1S/C15H21F3N2O/c16-15(17,18)12-5-6-14(11(9-12)10-19)20(7-2-8-21)13-3-1-4-13/h5-6,9,13,21H,1-4,7-8,10,19H2. The maximum atomic E-state index is 12.8. The topological polar surface area (TPSA) is 49.5 Å². The van der Waals surface area contributed by atoms with Crippen molar-refractivity contribution >= 4 is 5.69 Å². The van der Waals surface area contributed by atoms with Crippen molar-refractivity contribution in [1.29, 1.82) is 0 Å². The van der Waals surface area contributed by atoms with Gasteiger partial charge >= 0.3 is 6.18 Å². The number of halogens is 3. The average molecular weight is 302 g/mol. The highest BCUT2D eigenvalue weighted by Gasteiger charge is 2.32. The molecule has 0 aliphatic heterocycles. The van der Waals surface area contributed by atoms with Gasteiger partial charge in [0, 0.05) is 31.4 Å². The van der Waals surface area contributed by atoms with Gasteiger partial charge in [-0.05, 0) is 49.4 Å². The maximum absolute atomic E-state index is 12.8. The Labute approximate surface area is 122 Å². The number of nitrogens with two attached hydrogens (primary N) is 1. The summed E-state index contributed by atoms with van der Waals surface area (Å²) in [4.78, 5) is 2.10. The molecule has 0 heterocycles. The Bertz CT molecular complexity index is 472. The predicted octanol–water partition coefficient (Wildman–Crippen LogP) is 2.91. The van der Waals surface area contributed by atoms with E-state index >= 15 is 0 Å². The highest BCUT2D eigenvalue weighted by molar-refractivity contribution is 5.56. The Hall–Kier alpha value is -1.27. The van der Waals surface area contributed by atoms with Crippen LogP contribution in [0.4, 0.5) is 18.9 Å². The van der Waals surface area contributed by atoms with Gasteiger partial charge in [0.25, 0.3) is 0 Å². The summed E-state index contributed by atoms with van der Waals surface area (Å²) >= 11 is 0. The third-order valence-corrected chi connectivity index (χ3v) is 4.01. The molecule has 1 aliphatic rings. The highest BCUT2D eigenvalue weighted by atomic mass is 19.4. The largest absolute Gasteiger partial charge is 0.416 e. The molecule has 6 heteroatoms. The average Bonchev–Trinajstić information content (AvgIpc) is 2.39. The lowest BCUT2D eigenvalue weighted by atomic mass is 9.90. The summed E-state index contributed by atoms with van der Waals surface area (Å²) in [5, 5.41) is 9.01. The van der Waals surface area contributed by atoms with Crippen LogP contribution in [0.3, 0.4) is 0 Å². The van der Waals surface area contributed by atoms with E-state index in [2.05, 4.69) is 4.90 Å². The lowest BCUT2D eigenvalue weighted by molar-refractivity contribution is -0.137. The van der Waals surface area contributed by atoms with Crippen LogP contribution in [0.1, 0.15) is 36.8 Å². The highest BCUT2D eigenvalue weighted by Crippen LogP contribution is 2.36. The van der Waals surface area contributed by atoms with Crippen molar-refractivity contribution < 1.29 is 18.3 Å². The summed E-state index contributed by atoms with van der Waals surface area (Å²) in [6.45, 7) is 0.781. The Morgan fingerprint density at radius 3 is 2.48 bits per heavy atom. The molecule has 2 rings (SSSR count). The number of benzene rings is 1. The van der Waals surface area contributed by atoms with Crippen LogP contribution in [0, 0.1) is 0 Å². The quantitative estimate of drug-likeness (QED) is 0.849. The number of hydrogen-bond donors (Lipinski definition) is 2. The molecule has 3 N–H and O–H groups in total. The number of anilines is 1. The Morgan fingerprint density at radius 1 is 1.29 bits per heavy atom. The molecule has 118 valence electrons. The lowest BCUT2D eigenvalue weighted by Crippen LogP contribution is -2.41. The minimum absolute atomic E-state index is 0.0710. The van der Waals surface area contributed by atoms with E-state index in [1.54, 1.807) is 0 Å². The van der Waals surface area contributed by atoms with Crippen LogP contribution in [0.25, 0.3) is 0 Å². The molecular formula is C15H21F3N2O. The molecule has 0 atom stereocenters. The van der Waals surface area contributed by atoms with Crippen molar-refractivity contribution in [3.05, 3.63) is 29.3 Å². The first-order valence-corrected chi connectivity index (χ1v) is 7.25. The Morgan fingerprint density at radius 2 is 2.00 bits per heavy atom. The summed E-state index contributed by atoms with van der Waals surface area (Å²) < 4.78 is 38.4. The maximum Gasteiger partial charge on any atom is 0.416 e. The first-order valence-electron chi connectivity index (χ1n) is 7.25. The number of rotatable bonds is 6. The zero-order valence-corrected chi connectivity index (χ0v) is 11.9. The van der Waals surface area contributed by atoms with Crippen LogP contribution in [-0.4, -0.2) is 24.3 Å². The van der Waals surface area contributed by atoms with Gasteiger partial charge in [0.1, 0.15) is 0 Å². The number of aliphatic hydroxyl groups is 1. The first kappa shape index (κ1) is 16.1. The molecule has 0 amide bonds. The third kappa shape index (κ3) is 3.68. The zero-order valence-electron chi connectivity index (χ0n) is 11.9. The van der Waals surface area contributed by atoms with Crippen molar-refractivity contribution in [2.45, 2.75) is 44.4 Å². The van der Waals surface area contributed by atoms with Gasteiger partial charge < -0.3 is 15.7 Å². The zero-order chi connectivity index (χ0) is 15.5. The molecule has 1 aliphatic carbocycles. The molecule has 0 unspecified atom stereocenters. The van der Waals surface area contributed by atoms with E-state index in [0.29, 0.717) is 24.6 Å². The second kappa shape index (κ2) is 6.66. The number of nitrogens with zero attached hydrogens (tertiary/aromatic N) is 1. The van der Waals surface area contributed by atoms with Crippen molar-refractivity contribution in [3.63, 3.8) is 0 Å². The number of alkyl halides is 3. The van der Waals surface area contributed by atoms with Gasteiger partial charge in [0.2, 0.25) is 0 Å². The molecule has 0 aromatic heterocycles. The van der Waals surface area contributed by atoms with Crippen LogP contribution >= 0.6 is 0 Å². The SMILES string of the molecule is NCc1cc(C(F)(F)F)ccc1N(CCCO)C1CCC1. The van der Waals surface area contributed by atoms with E-state index < -0.39 is 11.7 Å². The van der Waals surface area contributed by atoms with Gasteiger partial charge in [0.15, 0.2) is 0 Å². The van der Waals surface area contributed by atoms with E-state index in [0.717, 1.165) is 37.1 Å². The number of hydrogen-bond acceptors (Lipinski definition) is 3. The molecule has 0 bridgehead atoms. The molecule has 0 radical (unpaired) electrons. The van der Waals surface area contributed by atoms with Gasteiger partial charge in [-0.3, -0.25) is 0 Å². The van der Waals surface area contributed by atoms with E-state index in [-0.39, 0.29) is 13.2 Å². The molecule has 0 saturated heterocycles. The van der Waals surface area contributed by atoms with Gasteiger partial charge in [-0.1, -0.05) is 0 Å². The molecule has 21 heavy (non-hydrogen) atoms. The first-order chi connectivity index (χ1) is 9.97. The summed E-state index contributed by atoms with van der Waals surface area (Å²) in [7, 11) is 0. The monoisotopic (exact) mass is 302 g/mol. The van der Waals surface area contributed by atoms with Crippen molar-refractivity contribution in [2.75, 3.05) is 18.1 Å². The van der Waals surface area contributed by atoms with Gasteiger partial charge in [-0.2, -0.15) is 13.2 Å². The molecular weight excluding hydrogens is 281 g/mol. The fourth-order valence-electron chi connectivity index (χ4n) is 2.64. The van der Waals surface area contributed by atoms with E-state index in [1.807, 2.05) is 0 Å². The van der Waals surface area contributed by atoms with Crippen molar-refractivity contribution in [3.8, 4) is 0 Å². The Balaban J connectivity index is 2.30. The van der Waals surface area contributed by atoms with E-state index in [9.17, 15) is 13.2 Å². The van der Waals surface area contributed by atoms with Crippen molar-refractivity contribution in [1.82, 2.24) is 0 Å². The summed E-state index contributed by atoms with van der Waals surface area (Å²) in [6.07, 6.45) is -0.539. The van der Waals surface area contributed by atoms with Crippen LogP contribution in [0.2, 0.25) is 0 Å². The second-order valence-corrected chi connectivity index (χ2v) is 5.40. The normalized spacial score (nSPS) is 15.9. The third-order valence-electron chi connectivity index (χ3n) is 4.01. The van der Waals surface area contributed by atoms with Crippen LogP contribution in [-0.2, 0) is 12.7 Å². The molecule has 1 aromatic carbocycles. The van der Waals surface area contributed by atoms with Gasteiger partial charge in [0.05, 0.1) is 5.56 Å². The molecule has 1 saturated carbocycles. The molecule has 1 aromatic rings. The van der Waals surface area contributed by atoms with E-state index in [1.165, 1.54) is 6.07 Å². The van der Waals surface area contributed by atoms with Crippen LogP contribution < -0.4 is 10.6 Å². The molecule has 3 nitrogen and oxygen atoms in total. The molecule has 1 fully saturated rings. The predicted molar refractivity (Wildman–Crippen MR) is 76.0 cm³/mol. The van der Waals surface area contributed by atoms with Crippen molar-refractivity contribution in [2.24, 2.45) is 5.73 Å². The summed E-state index contributed by atoms with van der Waals surface area (Å²) in [6, 6.07) is 4.11. The van der Waals surface area contributed by atoms with Crippen LogP contribution in [0.5, 0.6) is 0 Å². The summed E-state index contributed by atoms with van der Waals surface area (Å²) in [5.41, 5.74) is 6.26. The minimum atomic E-state index is -4.35. The fraction of sp³-hybridized carbons (Fsp3) is 0.600. The fourth-order valence-corrected chi connectivity index (χ4v) is 2.64. The van der Waals surface area contributed by atoms with E-state index in [4.69, 9.17) is 10.8 Å². The summed E-state index contributed by atoms with van der Waals surface area (Å²) in [5.74, 6) is 0.